The number of carbonyl (C=O) groups is 2. The lowest BCUT2D eigenvalue weighted by Gasteiger charge is -2.48. The second-order valence-electron chi connectivity index (χ2n) is 5.65. The van der Waals surface area contributed by atoms with E-state index < -0.39 is 36.6 Å². The highest BCUT2D eigenvalue weighted by Crippen LogP contribution is 2.33. The first-order chi connectivity index (χ1) is 10.3. The van der Waals surface area contributed by atoms with Gasteiger partial charge in [-0.2, -0.15) is 0 Å². The predicted molar refractivity (Wildman–Crippen MR) is 72.7 cm³/mol. The topological polar surface area (TPSA) is 70.1 Å². The second-order valence-corrected chi connectivity index (χ2v) is 5.65. The van der Waals surface area contributed by atoms with Crippen molar-refractivity contribution in [2.45, 2.75) is 31.0 Å². The van der Waals surface area contributed by atoms with Crippen LogP contribution in [-0.4, -0.2) is 77.6 Å². The molecule has 0 radical (unpaired) electrons. The minimum absolute atomic E-state index is 0.0395. The minimum atomic E-state index is -2.52. The second kappa shape index (κ2) is 6.58. The van der Waals surface area contributed by atoms with Crippen molar-refractivity contribution >= 4 is 11.9 Å². The first-order valence-corrected chi connectivity index (χ1v) is 7.02. The highest BCUT2D eigenvalue weighted by atomic mass is 19.3. The molecule has 1 spiro atoms. The van der Waals surface area contributed by atoms with Crippen LogP contribution in [0.15, 0.2) is 0 Å². The van der Waals surface area contributed by atoms with E-state index in [1.807, 2.05) is 5.92 Å². The molecule has 1 N–H and O–H groups in total. The Bertz CT molecular complexity index is 484. The fourth-order valence-electron chi connectivity index (χ4n) is 3.03. The molecule has 2 rings (SSSR count). The molecule has 0 aromatic carbocycles. The normalized spacial score (nSPS) is 25.2. The first kappa shape index (κ1) is 16.6. The molecule has 0 aliphatic carbocycles. The van der Waals surface area contributed by atoms with Gasteiger partial charge in [0.1, 0.15) is 6.10 Å². The molecule has 1 unspecified atom stereocenters. The quantitative estimate of drug-likeness (QED) is 0.612. The van der Waals surface area contributed by atoms with Crippen LogP contribution in [0.2, 0.25) is 0 Å². The number of carboxylic acid groups (broad SMARTS) is 1. The molecule has 1 atom stereocenters. The molecule has 0 bridgehead atoms. The first-order valence-electron chi connectivity index (χ1n) is 7.02. The van der Waals surface area contributed by atoms with Crippen LogP contribution in [0, 0.1) is 12.3 Å². The molecule has 8 heteroatoms. The Morgan fingerprint density at radius 3 is 2.55 bits per heavy atom. The number of piperidine rings is 1. The number of Topliss-reactive ketones (excluding diaryl/α,β-unsaturated/α-hetero) is 1. The van der Waals surface area contributed by atoms with Crippen molar-refractivity contribution in [2.75, 3.05) is 32.7 Å². The van der Waals surface area contributed by atoms with E-state index in [4.69, 9.17) is 16.3 Å². The van der Waals surface area contributed by atoms with Crippen LogP contribution in [0.1, 0.15) is 12.8 Å². The molecular weight excluding hydrogens is 298 g/mol. The van der Waals surface area contributed by atoms with Crippen molar-refractivity contribution in [3.05, 3.63) is 0 Å². The molecule has 2 heterocycles. The SMILES string of the molecule is C#CC(=O)C1CN(CC(F)F)CC2(CCN(C(=O)O)CC2)O1. The van der Waals surface area contributed by atoms with E-state index in [1.54, 1.807) is 0 Å². The zero-order chi connectivity index (χ0) is 16.3. The Hall–Kier alpha value is -1.72. The maximum atomic E-state index is 12.7. The van der Waals surface area contributed by atoms with Crippen LogP contribution >= 0.6 is 0 Å². The lowest BCUT2D eigenvalue weighted by atomic mass is 9.88. The fourth-order valence-corrected chi connectivity index (χ4v) is 3.03. The zero-order valence-corrected chi connectivity index (χ0v) is 12.0. The third kappa shape index (κ3) is 3.72. The summed E-state index contributed by atoms with van der Waals surface area (Å²) in [6.45, 7) is 0.322. The molecule has 1 amide bonds. The van der Waals surface area contributed by atoms with Crippen molar-refractivity contribution in [2.24, 2.45) is 0 Å². The van der Waals surface area contributed by atoms with Gasteiger partial charge in [-0.1, -0.05) is 0 Å². The average Bonchev–Trinajstić information content (AvgIpc) is 2.45. The standard InChI is InChI=1S/C14H18F2N2O4/c1-2-10(19)11-7-17(8-12(15)16)9-14(22-11)3-5-18(6-4-14)13(20)21/h1,11-12H,3-9H2,(H,20,21). The molecule has 0 saturated carbocycles. The van der Waals surface area contributed by atoms with Gasteiger partial charge >= 0.3 is 6.09 Å². The smallest absolute Gasteiger partial charge is 0.407 e. The summed E-state index contributed by atoms with van der Waals surface area (Å²) in [7, 11) is 0. The number of hydrogen-bond donors (Lipinski definition) is 1. The van der Waals surface area contributed by atoms with E-state index in [0.717, 1.165) is 0 Å². The fraction of sp³-hybridized carbons (Fsp3) is 0.714. The summed E-state index contributed by atoms with van der Waals surface area (Å²) in [6, 6.07) is 0. The predicted octanol–water partition coefficient (Wildman–Crippen LogP) is 0.667. The number of ketones is 1. The maximum Gasteiger partial charge on any atom is 0.407 e. The van der Waals surface area contributed by atoms with Gasteiger partial charge in [-0.25, -0.2) is 13.6 Å². The molecule has 0 aromatic rings. The number of morpholine rings is 1. The number of hydrogen-bond acceptors (Lipinski definition) is 4. The van der Waals surface area contributed by atoms with Crippen LogP contribution in [0.25, 0.3) is 0 Å². The summed E-state index contributed by atoms with van der Waals surface area (Å²) in [5.41, 5.74) is -0.795. The molecule has 2 fully saturated rings. The summed E-state index contributed by atoms with van der Waals surface area (Å²) in [6.07, 6.45) is 1.33. The van der Waals surface area contributed by atoms with Gasteiger partial charge < -0.3 is 14.7 Å². The van der Waals surface area contributed by atoms with Gasteiger partial charge in [0, 0.05) is 26.2 Å². The molecule has 2 aliphatic heterocycles. The summed E-state index contributed by atoms with van der Waals surface area (Å²) < 4.78 is 31.1. The largest absolute Gasteiger partial charge is 0.465 e. The Balaban J connectivity index is 2.11. The van der Waals surface area contributed by atoms with Crippen LogP contribution in [0.5, 0.6) is 0 Å². The summed E-state index contributed by atoms with van der Waals surface area (Å²) in [5, 5.41) is 8.97. The number of nitrogens with zero attached hydrogens (tertiary/aromatic N) is 2. The van der Waals surface area contributed by atoms with Crippen LogP contribution in [0.3, 0.4) is 0 Å². The van der Waals surface area contributed by atoms with E-state index in [0.29, 0.717) is 12.8 Å². The Morgan fingerprint density at radius 2 is 2.05 bits per heavy atom. The highest BCUT2D eigenvalue weighted by Gasteiger charge is 2.45. The van der Waals surface area contributed by atoms with Gasteiger partial charge in [0.05, 0.1) is 12.1 Å². The van der Waals surface area contributed by atoms with E-state index in [9.17, 15) is 18.4 Å². The lowest BCUT2D eigenvalue weighted by Crippen LogP contribution is -2.61. The van der Waals surface area contributed by atoms with Crippen molar-refractivity contribution in [3.63, 3.8) is 0 Å². The third-order valence-electron chi connectivity index (χ3n) is 4.10. The highest BCUT2D eigenvalue weighted by molar-refractivity contribution is 5.98. The number of halogens is 2. The van der Waals surface area contributed by atoms with Gasteiger partial charge in [-0.3, -0.25) is 9.69 Å². The van der Waals surface area contributed by atoms with Crippen molar-refractivity contribution < 1.29 is 28.2 Å². The van der Waals surface area contributed by atoms with Crippen LogP contribution < -0.4 is 0 Å². The van der Waals surface area contributed by atoms with Crippen molar-refractivity contribution in [3.8, 4) is 12.3 Å². The molecule has 122 valence electrons. The van der Waals surface area contributed by atoms with E-state index in [2.05, 4.69) is 0 Å². The molecule has 6 nitrogen and oxygen atoms in total. The molecule has 0 aromatic heterocycles. The number of amides is 1. The number of ether oxygens (including phenoxy) is 1. The number of terminal acetylenes is 1. The van der Waals surface area contributed by atoms with Gasteiger partial charge in [0.15, 0.2) is 0 Å². The minimum Gasteiger partial charge on any atom is -0.465 e. The molecule has 2 saturated heterocycles. The molecule has 22 heavy (non-hydrogen) atoms. The zero-order valence-electron chi connectivity index (χ0n) is 12.0. The number of carbonyl (C=O) groups excluding carboxylic acids is 1. The van der Waals surface area contributed by atoms with Crippen LogP contribution in [-0.2, 0) is 9.53 Å². The van der Waals surface area contributed by atoms with Gasteiger partial charge in [-0.15, -0.1) is 6.42 Å². The summed E-state index contributed by atoms with van der Waals surface area (Å²) in [5.74, 6) is 1.40. The van der Waals surface area contributed by atoms with E-state index >= 15 is 0 Å². The molecule has 2 aliphatic rings. The van der Waals surface area contributed by atoms with E-state index in [1.165, 1.54) is 9.80 Å². The Kier molecular flexibility index (Phi) is 4.98. The Morgan fingerprint density at radius 1 is 1.41 bits per heavy atom. The number of likely N-dealkylation sites (tertiary alicyclic amines) is 1. The van der Waals surface area contributed by atoms with Crippen molar-refractivity contribution in [1.29, 1.82) is 0 Å². The number of rotatable bonds is 3. The number of alkyl halides is 2. The van der Waals surface area contributed by atoms with Gasteiger partial charge in [0.25, 0.3) is 6.43 Å². The third-order valence-corrected chi connectivity index (χ3v) is 4.10. The summed E-state index contributed by atoms with van der Waals surface area (Å²) >= 11 is 0. The van der Waals surface area contributed by atoms with E-state index in [-0.39, 0.29) is 26.2 Å². The monoisotopic (exact) mass is 316 g/mol. The summed E-state index contributed by atoms with van der Waals surface area (Å²) in [4.78, 5) is 25.4. The Labute approximate surface area is 127 Å². The van der Waals surface area contributed by atoms with Crippen LogP contribution in [0.4, 0.5) is 13.6 Å². The molecular formula is C14H18F2N2O4. The van der Waals surface area contributed by atoms with Crippen molar-refractivity contribution in [1.82, 2.24) is 9.80 Å². The maximum absolute atomic E-state index is 12.7. The van der Waals surface area contributed by atoms with Gasteiger partial charge in [0.2, 0.25) is 5.78 Å². The lowest BCUT2D eigenvalue weighted by molar-refractivity contribution is -0.181. The average molecular weight is 316 g/mol. The van der Waals surface area contributed by atoms with Gasteiger partial charge in [-0.05, 0) is 18.8 Å².